The largest absolute Gasteiger partial charge is 0.378 e. The molecule has 0 saturated carbocycles. The van der Waals surface area contributed by atoms with E-state index in [0.29, 0.717) is 25.1 Å². The van der Waals surface area contributed by atoms with E-state index in [1.807, 2.05) is 109 Å². The van der Waals surface area contributed by atoms with E-state index in [4.69, 9.17) is 0 Å². The first kappa shape index (κ1) is 35.4. The van der Waals surface area contributed by atoms with E-state index in [1.54, 1.807) is 10.9 Å². The smallest absolute Gasteiger partial charge is 0.277 e. The van der Waals surface area contributed by atoms with Crippen molar-refractivity contribution < 1.29 is 14.4 Å². The van der Waals surface area contributed by atoms with Crippen LogP contribution in [-0.4, -0.2) is 44.8 Å². The molecule has 0 radical (unpaired) electrons. The quantitative estimate of drug-likeness (QED) is 0.134. The summed E-state index contributed by atoms with van der Waals surface area (Å²) < 4.78 is 1.65. The van der Waals surface area contributed by atoms with Crippen molar-refractivity contribution in [3.63, 3.8) is 0 Å². The van der Waals surface area contributed by atoms with Crippen molar-refractivity contribution in [1.82, 2.24) is 15.0 Å². The van der Waals surface area contributed by atoms with Crippen LogP contribution in [0.5, 0.6) is 0 Å². The Hall–Kier alpha value is -5.97. The second-order valence-corrected chi connectivity index (χ2v) is 13.9. The van der Waals surface area contributed by atoms with Gasteiger partial charge in [-0.15, -0.1) is 5.10 Å². The molecule has 2 aliphatic heterocycles. The number of nitrogens with zero attached hydrogens (tertiary/aromatic N) is 5. The number of carbonyl (C=O) groups is 3. The molecule has 11 heteroatoms. The van der Waals surface area contributed by atoms with Crippen molar-refractivity contribution in [2.45, 2.75) is 84.1 Å². The van der Waals surface area contributed by atoms with Crippen LogP contribution in [0.4, 0.5) is 28.4 Å². The molecule has 0 unspecified atom stereocenters. The molecule has 7 rings (SSSR count). The minimum atomic E-state index is -0.339. The Bertz CT molecular complexity index is 2090. The first-order chi connectivity index (χ1) is 25.7. The summed E-state index contributed by atoms with van der Waals surface area (Å²) in [5.41, 5.74) is 7.96. The van der Waals surface area contributed by atoms with Gasteiger partial charge in [-0.3, -0.25) is 14.4 Å². The second-order valence-electron chi connectivity index (χ2n) is 13.9. The Morgan fingerprint density at radius 1 is 0.660 bits per heavy atom. The number of fused-ring (bicyclic) bond motifs is 2. The second kappa shape index (κ2) is 15.3. The van der Waals surface area contributed by atoms with E-state index in [-0.39, 0.29) is 47.6 Å². The van der Waals surface area contributed by atoms with Crippen LogP contribution < -0.4 is 25.8 Å². The molecular weight excluding hydrogens is 665 g/mol. The number of carbonyl (C=O) groups excluding carboxylic acids is 3. The van der Waals surface area contributed by atoms with E-state index in [9.17, 15) is 14.4 Å². The molecule has 2 aliphatic rings. The van der Waals surface area contributed by atoms with Crippen LogP contribution in [-0.2, 0) is 16.1 Å². The molecule has 4 aromatic carbocycles. The highest BCUT2D eigenvalue weighted by Crippen LogP contribution is 2.40. The number of para-hydroxylation sites is 2. The van der Waals surface area contributed by atoms with Crippen LogP contribution >= 0.6 is 0 Å². The molecular formula is C42H46N8O3. The van der Waals surface area contributed by atoms with Gasteiger partial charge < -0.3 is 25.8 Å². The maximum atomic E-state index is 13.1. The lowest BCUT2D eigenvalue weighted by atomic mass is 9.91. The third-order valence-corrected chi connectivity index (χ3v) is 10.2. The molecule has 3 amide bonds. The molecule has 0 fully saturated rings. The van der Waals surface area contributed by atoms with Crippen molar-refractivity contribution in [1.29, 1.82) is 0 Å². The van der Waals surface area contributed by atoms with Crippen LogP contribution in [0.15, 0.2) is 103 Å². The van der Waals surface area contributed by atoms with E-state index in [2.05, 4.69) is 52.2 Å². The van der Waals surface area contributed by atoms with E-state index in [1.165, 1.54) is 0 Å². The maximum absolute atomic E-state index is 13.1. The molecule has 4 atom stereocenters. The Kier molecular flexibility index (Phi) is 10.2. The molecule has 0 saturated heterocycles. The normalized spacial score (nSPS) is 19.2. The minimum absolute atomic E-state index is 0.0492. The molecule has 0 bridgehead atoms. The summed E-state index contributed by atoms with van der Waals surface area (Å²) in [5, 5.41) is 18.6. The van der Waals surface area contributed by atoms with Crippen molar-refractivity contribution in [2.75, 3.05) is 25.8 Å². The van der Waals surface area contributed by atoms with Gasteiger partial charge in [-0.2, -0.15) is 0 Å². The van der Waals surface area contributed by atoms with Crippen LogP contribution in [0, 0.1) is 0 Å². The molecule has 272 valence electrons. The Balaban J connectivity index is 0.942. The summed E-state index contributed by atoms with van der Waals surface area (Å²) in [5.74, 6) is -0.0726. The zero-order valence-electron chi connectivity index (χ0n) is 30.6. The molecule has 0 spiro atoms. The fraction of sp³-hybridized carbons (Fsp3) is 0.310. The first-order valence-corrected chi connectivity index (χ1v) is 18.5. The average Bonchev–Trinajstić information content (AvgIpc) is 3.64. The SMILES string of the molecule is CCC(=O)N1c2ccccc2[C@H](Nc2ccc(Cn3cc(C(=O)Nc4ccc(N[C@@H]5C[C@H](C)N(C(=O)CC)c6ccccc65)cc4)nn3)cc2)C[C@@H]1C. The van der Waals surface area contributed by atoms with E-state index in [0.717, 1.165) is 52.3 Å². The fourth-order valence-electron chi connectivity index (χ4n) is 7.62. The van der Waals surface area contributed by atoms with Gasteiger partial charge in [0.2, 0.25) is 11.8 Å². The monoisotopic (exact) mass is 710 g/mol. The minimum Gasteiger partial charge on any atom is -0.378 e. The Labute approximate surface area is 310 Å². The van der Waals surface area contributed by atoms with Gasteiger partial charge in [-0.25, -0.2) is 4.68 Å². The summed E-state index contributed by atoms with van der Waals surface area (Å²) in [6.45, 7) is 8.46. The maximum Gasteiger partial charge on any atom is 0.277 e. The van der Waals surface area contributed by atoms with Gasteiger partial charge in [0.25, 0.3) is 5.91 Å². The number of benzene rings is 4. The highest BCUT2D eigenvalue weighted by Gasteiger charge is 2.34. The summed E-state index contributed by atoms with van der Waals surface area (Å²) >= 11 is 0. The predicted molar refractivity (Wildman–Crippen MR) is 209 cm³/mol. The van der Waals surface area contributed by atoms with Crippen molar-refractivity contribution in [3.05, 3.63) is 126 Å². The van der Waals surface area contributed by atoms with Gasteiger partial charge in [0, 0.05) is 53.4 Å². The van der Waals surface area contributed by atoms with Gasteiger partial charge in [-0.05, 0) is 91.9 Å². The highest BCUT2D eigenvalue weighted by molar-refractivity contribution is 6.02. The lowest BCUT2D eigenvalue weighted by Gasteiger charge is -2.40. The van der Waals surface area contributed by atoms with E-state index >= 15 is 0 Å². The molecule has 0 aliphatic carbocycles. The lowest BCUT2D eigenvalue weighted by molar-refractivity contribution is -0.119. The Morgan fingerprint density at radius 2 is 1.13 bits per heavy atom. The van der Waals surface area contributed by atoms with E-state index < -0.39 is 0 Å². The zero-order chi connectivity index (χ0) is 37.1. The number of hydrogen-bond donors (Lipinski definition) is 3. The van der Waals surface area contributed by atoms with Gasteiger partial charge >= 0.3 is 0 Å². The number of hydrogen-bond acceptors (Lipinski definition) is 7. The zero-order valence-corrected chi connectivity index (χ0v) is 30.6. The first-order valence-electron chi connectivity index (χ1n) is 18.5. The van der Waals surface area contributed by atoms with Crippen molar-refractivity contribution in [2.24, 2.45) is 0 Å². The summed E-state index contributed by atoms with van der Waals surface area (Å²) in [7, 11) is 0. The molecule has 3 heterocycles. The number of aromatic nitrogens is 3. The summed E-state index contributed by atoms with van der Waals surface area (Å²) in [6.07, 6.45) is 4.19. The number of anilines is 5. The standard InChI is InChI=1S/C42H46N8O3/c1-5-40(51)49-27(3)23-35(33-11-7-9-13-38(33)49)43-30-17-15-29(16-18-30)25-48-26-37(46-47-48)42(53)45-32-21-19-31(20-22-32)44-36-24-28(4)50(41(52)6-2)39-14-10-8-12-34(36)39/h7-22,26-28,35-36,43-44H,5-6,23-25H2,1-4H3,(H,45,53)/t27-,28-,35+,36+/m0/s1. The molecule has 1 aromatic heterocycles. The van der Waals surface area contributed by atoms with Crippen LogP contribution in [0.1, 0.15) is 92.6 Å². The molecule has 11 nitrogen and oxygen atoms in total. The third-order valence-electron chi connectivity index (χ3n) is 10.2. The van der Waals surface area contributed by atoms with Crippen LogP contribution in [0.3, 0.4) is 0 Å². The average molecular weight is 711 g/mol. The summed E-state index contributed by atoms with van der Waals surface area (Å²) in [6, 6.07) is 32.3. The number of nitrogens with one attached hydrogen (secondary N) is 3. The predicted octanol–water partition coefficient (Wildman–Crippen LogP) is 7.96. The van der Waals surface area contributed by atoms with Gasteiger partial charge in [0.05, 0.1) is 24.8 Å². The van der Waals surface area contributed by atoms with Gasteiger partial charge in [0.15, 0.2) is 5.69 Å². The highest BCUT2D eigenvalue weighted by atomic mass is 16.2. The summed E-state index contributed by atoms with van der Waals surface area (Å²) in [4.78, 5) is 42.3. The lowest BCUT2D eigenvalue weighted by Crippen LogP contribution is -2.44. The van der Waals surface area contributed by atoms with Crippen molar-refractivity contribution in [3.8, 4) is 0 Å². The molecule has 3 N–H and O–H groups in total. The molecule has 53 heavy (non-hydrogen) atoms. The topological polar surface area (TPSA) is 124 Å². The Morgan fingerprint density at radius 3 is 1.64 bits per heavy atom. The van der Waals surface area contributed by atoms with Gasteiger partial charge in [-0.1, -0.05) is 67.6 Å². The molecule has 5 aromatic rings. The van der Waals surface area contributed by atoms with Crippen LogP contribution in [0.25, 0.3) is 0 Å². The number of amides is 3. The third kappa shape index (κ3) is 7.51. The fourth-order valence-corrected chi connectivity index (χ4v) is 7.62. The van der Waals surface area contributed by atoms with Gasteiger partial charge in [0.1, 0.15) is 0 Å². The van der Waals surface area contributed by atoms with Crippen LogP contribution in [0.2, 0.25) is 0 Å². The number of rotatable bonds is 10. The van der Waals surface area contributed by atoms with Crippen molar-refractivity contribution >= 4 is 46.2 Å².